The first-order valence-corrected chi connectivity index (χ1v) is 6.94. The summed E-state index contributed by atoms with van der Waals surface area (Å²) in [6.45, 7) is 0. The van der Waals surface area contributed by atoms with Crippen LogP contribution in [-0.4, -0.2) is 5.91 Å². The number of para-hydroxylation sites is 1. The summed E-state index contributed by atoms with van der Waals surface area (Å²) in [5.74, 6) is 0.859. The van der Waals surface area contributed by atoms with Crippen LogP contribution >= 0.6 is 0 Å². The molecule has 23 heavy (non-hydrogen) atoms. The summed E-state index contributed by atoms with van der Waals surface area (Å²) >= 11 is 0. The Morgan fingerprint density at radius 2 is 1.61 bits per heavy atom. The molecule has 5 nitrogen and oxygen atoms in total. The summed E-state index contributed by atoms with van der Waals surface area (Å²) in [5.41, 5.74) is 0.287. The van der Waals surface area contributed by atoms with Crippen molar-refractivity contribution in [3.63, 3.8) is 0 Å². The second kappa shape index (κ2) is 6.62. The van der Waals surface area contributed by atoms with Crippen LogP contribution in [0.4, 0.5) is 5.69 Å². The average molecular weight is 307 g/mol. The van der Waals surface area contributed by atoms with Crippen LogP contribution in [0.25, 0.3) is 0 Å². The van der Waals surface area contributed by atoms with Gasteiger partial charge in [-0.25, -0.2) is 0 Å². The number of carbonyl (C=O) groups is 1. The number of anilines is 1. The van der Waals surface area contributed by atoms with Crippen LogP contribution in [0.15, 0.2) is 82.2 Å². The van der Waals surface area contributed by atoms with Gasteiger partial charge in [-0.15, -0.1) is 0 Å². The second-order valence-corrected chi connectivity index (χ2v) is 4.73. The quantitative estimate of drug-likeness (QED) is 0.798. The molecule has 0 saturated carbocycles. The highest BCUT2D eigenvalue weighted by molar-refractivity contribution is 6.02. The number of amides is 1. The second-order valence-electron chi connectivity index (χ2n) is 4.73. The molecule has 0 aliphatic heterocycles. The predicted octanol–water partition coefficient (Wildman–Crippen LogP) is 3.68. The van der Waals surface area contributed by atoms with E-state index in [0.29, 0.717) is 11.4 Å². The number of hydrogen-bond donors (Lipinski definition) is 1. The number of rotatable bonds is 4. The Kier molecular flexibility index (Phi) is 4.20. The van der Waals surface area contributed by atoms with Gasteiger partial charge in [0.2, 0.25) is 0 Å². The monoisotopic (exact) mass is 307 g/mol. The van der Waals surface area contributed by atoms with Crippen molar-refractivity contribution in [1.82, 2.24) is 0 Å². The van der Waals surface area contributed by atoms with Gasteiger partial charge >= 0.3 is 0 Å². The molecule has 0 saturated heterocycles. The highest BCUT2D eigenvalue weighted by atomic mass is 16.5. The van der Waals surface area contributed by atoms with Gasteiger partial charge in [0, 0.05) is 17.8 Å². The Morgan fingerprint density at radius 1 is 0.913 bits per heavy atom. The summed E-state index contributed by atoms with van der Waals surface area (Å²) in [6, 6.07) is 18.7. The molecule has 0 fully saturated rings. The molecule has 0 radical (unpaired) electrons. The maximum Gasteiger partial charge on any atom is 0.291 e. The standard InChI is InChI=1S/C18H13NO4/c20-14-10-11-22-17(12-14)18(21)19-13-6-8-16(9-7-13)23-15-4-2-1-3-5-15/h1-12H,(H,19,21). The van der Waals surface area contributed by atoms with E-state index in [9.17, 15) is 9.59 Å². The van der Waals surface area contributed by atoms with Gasteiger partial charge in [0.05, 0.1) is 6.26 Å². The fourth-order valence-corrected chi connectivity index (χ4v) is 1.93. The Balaban J connectivity index is 1.68. The van der Waals surface area contributed by atoms with E-state index >= 15 is 0 Å². The van der Waals surface area contributed by atoms with Gasteiger partial charge in [0.15, 0.2) is 11.2 Å². The maximum atomic E-state index is 12.0. The molecule has 1 heterocycles. The molecule has 0 atom stereocenters. The molecule has 114 valence electrons. The van der Waals surface area contributed by atoms with E-state index < -0.39 is 5.91 Å². The fourth-order valence-electron chi connectivity index (χ4n) is 1.93. The third-order valence-electron chi connectivity index (χ3n) is 3.02. The van der Waals surface area contributed by atoms with E-state index in [1.165, 1.54) is 12.3 Å². The molecule has 3 rings (SSSR count). The van der Waals surface area contributed by atoms with Gasteiger partial charge in [-0.3, -0.25) is 9.59 Å². The molecule has 3 aromatic rings. The van der Waals surface area contributed by atoms with Crippen LogP contribution in [0.2, 0.25) is 0 Å². The van der Waals surface area contributed by atoms with Crippen molar-refractivity contribution < 1.29 is 13.9 Å². The summed E-state index contributed by atoms with van der Waals surface area (Å²) in [6.07, 6.45) is 1.19. The van der Waals surface area contributed by atoms with E-state index in [4.69, 9.17) is 9.15 Å². The van der Waals surface area contributed by atoms with Gasteiger partial charge < -0.3 is 14.5 Å². The van der Waals surface area contributed by atoms with Crippen LogP contribution in [0.1, 0.15) is 10.6 Å². The molecule has 0 aliphatic rings. The third-order valence-corrected chi connectivity index (χ3v) is 3.02. The molecule has 1 N–H and O–H groups in total. The van der Waals surface area contributed by atoms with Crippen molar-refractivity contribution in [3.8, 4) is 11.5 Å². The van der Waals surface area contributed by atoms with Gasteiger partial charge in [-0.05, 0) is 36.4 Å². The normalized spacial score (nSPS) is 10.1. The zero-order valence-electron chi connectivity index (χ0n) is 12.1. The molecular formula is C18H13NO4. The molecule has 0 bridgehead atoms. The molecule has 2 aromatic carbocycles. The van der Waals surface area contributed by atoms with E-state index in [0.717, 1.165) is 11.8 Å². The minimum atomic E-state index is -0.487. The molecule has 1 amide bonds. The number of nitrogens with one attached hydrogen (secondary N) is 1. The molecule has 0 unspecified atom stereocenters. The third kappa shape index (κ3) is 3.85. The van der Waals surface area contributed by atoms with Crippen molar-refractivity contribution in [2.45, 2.75) is 0 Å². The Morgan fingerprint density at radius 3 is 2.30 bits per heavy atom. The van der Waals surface area contributed by atoms with Crippen molar-refractivity contribution in [2.75, 3.05) is 5.32 Å². The zero-order chi connectivity index (χ0) is 16.1. The topological polar surface area (TPSA) is 68.5 Å². The number of ether oxygens (including phenoxy) is 1. The lowest BCUT2D eigenvalue weighted by molar-refractivity contribution is 0.0994. The van der Waals surface area contributed by atoms with Gasteiger partial charge in [0.25, 0.3) is 5.91 Å². The van der Waals surface area contributed by atoms with Gasteiger partial charge in [-0.2, -0.15) is 0 Å². The summed E-state index contributed by atoms with van der Waals surface area (Å²) < 4.78 is 10.7. The minimum Gasteiger partial charge on any atom is -0.459 e. The first-order chi connectivity index (χ1) is 11.2. The maximum absolute atomic E-state index is 12.0. The highest BCUT2D eigenvalue weighted by Gasteiger charge is 2.09. The highest BCUT2D eigenvalue weighted by Crippen LogP contribution is 2.22. The van der Waals surface area contributed by atoms with Crippen LogP contribution < -0.4 is 15.5 Å². The molecular weight excluding hydrogens is 294 g/mol. The fraction of sp³-hybridized carbons (Fsp3) is 0. The van der Waals surface area contributed by atoms with Crippen molar-refractivity contribution >= 4 is 11.6 Å². The lowest BCUT2D eigenvalue weighted by atomic mass is 10.3. The SMILES string of the molecule is O=C(Nc1ccc(Oc2ccccc2)cc1)c1cc(=O)cco1. The smallest absolute Gasteiger partial charge is 0.291 e. The molecule has 0 aliphatic carbocycles. The first-order valence-electron chi connectivity index (χ1n) is 6.94. The van der Waals surface area contributed by atoms with Crippen LogP contribution in [0, 0.1) is 0 Å². The van der Waals surface area contributed by atoms with E-state index in [2.05, 4.69) is 5.32 Å². The number of hydrogen-bond acceptors (Lipinski definition) is 4. The molecule has 0 spiro atoms. The van der Waals surface area contributed by atoms with Crippen molar-refractivity contribution in [2.24, 2.45) is 0 Å². The van der Waals surface area contributed by atoms with Crippen molar-refractivity contribution in [3.05, 3.63) is 89.0 Å². The van der Waals surface area contributed by atoms with Crippen molar-refractivity contribution in [1.29, 1.82) is 0 Å². The summed E-state index contributed by atoms with van der Waals surface area (Å²) in [7, 11) is 0. The average Bonchev–Trinajstić information content (AvgIpc) is 2.57. The summed E-state index contributed by atoms with van der Waals surface area (Å²) in [4.78, 5) is 23.2. The van der Waals surface area contributed by atoms with E-state index in [1.807, 2.05) is 30.3 Å². The van der Waals surface area contributed by atoms with Crippen LogP contribution in [0.3, 0.4) is 0 Å². The van der Waals surface area contributed by atoms with Gasteiger partial charge in [0.1, 0.15) is 11.5 Å². The molecule has 5 heteroatoms. The Labute approximate surface area is 132 Å². The van der Waals surface area contributed by atoms with Crippen LogP contribution in [-0.2, 0) is 0 Å². The number of benzene rings is 2. The Bertz CT molecular complexity index is 854. The first kappa shape index (κ1) is 14.6. The lowest BCUT2D eigenvalue weighted by Gasteiger charge is -2.07. The molecule has 1 aromatic heterocycles. The van der Waals surface area contributed by atoms with E-state index in [-0.39, 0.29) is 11.2 Å². The Hall–Kier alpha value is -3.34. The van der Waals surface area contributed by atoms with Gasteiger partial charge in [-0.1, -0.05) is 18.2 Å². The summed E-state index contributed by atoms with van der Waals surface area (Å²) in [5, 5.41) is 2.65. The van der Waals surface area contributed by atoms with E-state index in [1.54, 1.807) is 24.3 Å². The predicted molar refractivity (Wildman–Crippen MR) is 85.9 cm³/mol. The lowest BCUT2D eigenvalue weighted by Crippen LogP contribution is -2.14. The largest absolute Gasteiger partial charge is 0.459 e. The number of carbonyl (C=O) groups excluding carboxylic acids is 1. The zero-order valence-corrected chi connectivity index (χ0v) is 12.1. The van der Waals surface area contributed by atoms with Crippen LogP contribution in [0.5, 0.6) is 11.5 Å². The minimum absolute atomic E-state index is 0.0397.